The van der Waals surface area contributed by atoms with E-state index < -0.39 is 0 Å². The van der Waals surface area contributed by atoms with Crippen LogP contribution in [0.4, 0.5) is 0 Å². The molecule has 0 aliphatic heterocycles. The predicted octanol–water partition coefficient (Wildman–Crippen LogP) is 1.36. The maximum Gasteiger partial charge on any atom is 0.220 e. The summed E-state index contributed by atoms with van der Waals surface area (Å²) in [6.45, 7) is 0. The van der Waals surface area contributed by atoms with Crippen molar-refractivity contribution in [3.63, 3.8) is 0 Å². The van der Waals surface area contributed by atoms with Crippen molar-refractivity contribution in [2.75, 3.05) is 0 Å². The van der Waals surface area contributed by atoms with Crippen LogP contribution < -0.4 is 5.73 Å². The highest BCUT2D eigenvalue weighted by Gasteiger charge is 2.28. The van der Waals surface area contributed by atoms with Gasteiger partial charge in [-0.15, -0.1) is 5.10 Å². The standard InChI is InChI=1S/C14H16N6O/c15-13(21)9-3-1-8(2-4-9)11-12-10-5-6-16-14(10)17-7-20(12)19-18-11/h5-9,16H,1-4H2,(H2,15,21). The molecular weight excluding hydrogens is 268 g/mol. The minimum Gasteiger partial charge on any atom is -0.369 e. The number of aromatic nitrogens is 5. The summed E-state index contributed by atoms with van der Waals surface area (Å²) >= 11 is 0. The average Bonchev–Trinajstić information content (AvgIpc) is 3.13. The molecule has 1 fully saturated rings. The number of hydrogen-bond donors (Lipinski definition) is 2. The normalized spacial score (nSPS) is 22.9. The van der Waals surface area contributed by atoms with Crippen LogP contribution in [0.3, 0.4) is 0 Å². The van der Waals surface area contributed by atoms with Crippen LogP contribution in [-0.4, -0.2) is 30.7 Å². The molecule has 0 unspecified atom stereocenters. The first kappa shape index (κ1) is 12.3. The molecule has 0 aromatic carbocycles. The van der Waals surface area contributed by atoms with Crippen molar-refractivity contribution in [1.29, 1.82) is 0 Å². The molecule has 3 aromatic heterocycles. The summed E-state index contributed by atoms with van der Waals surface area (Å²) in [7, 11) is 0. The number of nitrogens with two attached hydrogens (primary N) is 1. The molecule has 7 heteroatoms. The Labute approximate surface area is 120 Å². The van der Waals surface area contributed by atoms with Crippen molar-refractivity contribution in [2.45, 2.75) is 31.6 Å². The predicted molar refractivity (Wildman–Crippen MR) is 76.5 cm³/mol. The molecule has 1 aliphatic rings. The summed E-state index contributed by atoms with van der Waals surface area (Å²) in [5.41, 5.74) is 8.27. The molecule has 7 nitrogen and oxygen atoms in total. The maximum atomic E-state index is 11.3. The van der Waals surface area contributed by atoms with Crippen LogP contribution in [0.15, 0.2) is 18.6 Å². The molecule has 1 saturated carbocycles. The minimum atomic E-state index is -0.182. The SMILES string of the molecule is NC(=O)C1CCC(c2nnn3cnc4[nH]ccc4c23)CC1. The van der Waals surface area contributed by atoms with E-state index in [9.17, 15) is 4.79 Å². The molecule has 0 saturated heterocycles. The summed E-state index contributed by atoms with van der Waals surface area (Å²) in [4.78, 5) is 18.7. The second-order valence-electron chi connectivity index (χ2n) is 5.70. The van der Waals surface area contributed by atoms with E-state index in [-0.39, 0.29) is 11.8 Å². The van der Waals surface area contributed by atoms with Crippen molar-refractivity contribution in [2.24, 2.45) is 11.7 Å². The zero-order chi connectivity index (χ0) is 14.4. The molecule has 0 radical (unpaired) electrons. The lowest BCUT2D eigenvalue weighted by atomic mass is 9.80. The number of aromatic amines is 1. The zero-order valence-electron chi connectivity index (χ0n) is 11.5. The van der Waals surface area contributed by atoms with Crippen LogP contribution >= 0.6 is 0 Å². The number of hydrogen-bond acceptors (Lipinski definition) is 4. The highest BCUT2D eigenvalue weighted by Crippen LogP contribution is 2.37. The van der Waals surface area contributed by atoms with E-state index in [2.05, 4.69) is 20.3 Å². The second kappa shape index (κ2) is 4.54. The Hall–Kier alpha value is -2.44. The monoisotopic (exact) mass is 284 g/mol. The molecule has 3 heterocycles. The number of nitrogens with one attached hydrogen (secondary N) is 1. The number of rotatable bonds is 2. The lowest BCUT2D eigenvalue weighted by Crippen LogP contribution is -2.27. The quantitative estimate of drug-likeness (QED) is 0.741. The van der Waals surface area contributed by atoms with Crippen LogP contribution in [0.25, 0.3) is 16.6 Å². The van der Waals surface area contributed by atoms with Gasteiger partial charge in [0.05, 0.1) is 5.69 Å². The van der Waals surface area contributed by atoms with Gasteiger partial charge in [0.15, 0.2) is 0 Å². The highest BCUT2D eigenvalue weighted by atomic mass is 16.1. The molecule has 21 heavy (non-hydrogen) atoms. The van der Waals surface area contributed by atoms with Gasteiger partial charge in [0, 0.05) is 23.4 Å². The number of carbonyl (C=O) groups is 1. The third-order valence-electron chi connectivity index (χ3n) is 4.51. The Kier molecular flexibility index (Phi) is 2.66. The Morgan fingerprint density at radius 2 is 2.14 bits per heavy atom. The van der Waals surface area contributed by atoms with Crippen LogP contribution in [0.2, 0.25) is 0 Å². The van der Waals surface area contributed by atoms with Crippen molar-refractivity contribution in [3.05, 3.63) is 24.3 Å². The number of nitrogens with zero attached hydrogens (tertiary/aromatic N) is 4. The molecule has 0 spiro atoms. The zero-order valence-corrected chi connectivity index (χ0v) is 11.5. The van der Waals surface area contributed by atoms with E-state index >= 15 is 0 Å². The summed E-state index contributed by atoms with van der Waals surface area (Å²) in [5.74, 6) is 0.161. The van der Waals surface area contributed by atoms with Crippen molar-refractivity contribution in [1.82, 2.24) is 24.8 Å². The topological polar surface area (TPSA) is 102 Å². The first-order valence-electron chi connectivity index (χ1n) is 7.20. The highest BCUT2D eigenvalue weighted by molar-refractivity contribution is 5.92. The fraction of sp³-hybridized carbons (Fsp3) is 0.429. The van der Waals surface area contributed by atoms with Gasteiger partial charge in [-0.1, -0.05) is 5.21 Å². The van der Waals surface area contributed by atoms with Gasteiger partial charge in [-0.25, -0.2) is 9.50 Å². The van der Waals surface area contributed by atoms with Crippen molar-refractivity contribution in [3.8, 4) is 0 Å². The number of amides is 1. The number of primary amides is 1. The molecule has 0 atom stereocenters. The van der Waals surface area contributed by atoms with Gasteiger partial charge in [-0.05, 0) is 31.7 Å². The average molecular weight is 284 g/mol. The van der Waals surface area contributed by atoms with E-state index in [0.717, 1.165) is 47.9 Å². The van der Waals surface area contributed by atoms with E-state index in [0.29, 0.717) is 5.92 Å². The summed E-state index contributed by atoms with van der Waals surface area (Å²) in [6.07, 6.45) is 7.07. The largest absolute Gasteiger partial charge is 0.369 e. The first-order valence-corrected chi connectivity index (χ1v) is 7.20. The maximum absolute atomic E-state index is 11.3. The Balaban J connectivity index is 1.74. The number of carbonyl (C=O) groups excluding carboxylic acids is 1. The lowest BCUT2D eigenvalue weighted by Gasteiger charge is -2.25. The molecule has 108 valence electrons. The molecule has 3 N–H and O–H groups in total. The van der Waals surface area contributed by atoms with Crippen molar-refractivity contribution < 1.29 is 4.79 Å². The van der Waals surface area contributed by atoms with Gasteiger partial charge in [0.2, 0.25) is 5.91 Å². The van der Waals surface area contributed by atoms with E-state index in [1.165, 1.54) is 0 Å². The Morgan fingerprint density at radius 3 is 2.90 bits per heavy atom. The fourth-order valence-electron chi connectivity index (χ4n) is 3.35. The smallest absolute Gasteiger partial charge is 0.220 e. The molecule has 4 rings (SSSR count). The van der Waals surface area contributed by atoms with Gasteiger partial charge in [0.1, 0.15) is 17.5 Å². The molecule has 0 bridgehead atoms. The Bertz CT molecular complexity index is 811. The number of H-pyrrole nitrogens is 1. The third kappa shape index (κ3) is 1.88. The fourth-order valence-corrected chi connectivity index (χ4v) is 3.35. The summed E-state index contributed by atoms with van der Waals surface area (Å²) in [6, 6.07) is 2.00. The van der Waals surface area contributed by atoms with E-state index in [1.54, 1.807) is 10.8 Å². The van der Waals surface area contributed by atoms with Crippen LogP contribution in [-0.2, 0) is 4.79 Å². The Morgan fingerprint density at radius 1 is 1.33 bits per heavy atom. The lowest BCUT2D eigenvalue weighted by molar-refractivity contribution is -0.122. The summed E-state index contributed by atoms with van der Waals surface area (Å²) in [5, 5.41) is 9.57. The van der Waals surface area contributed by atoms with E-state index in [1.807, 2.05) is 12.3 Å². The molecule has 3 aromatic rings. The van der Waals surface area contributed by atoms with Gasteiger partial charge < -0.3 is 10.7 Å². The van der Waals surface area contributed by atoms with Gasteiger partial charge in [0.25, 0.3) is 0 Å². The molecular formula is C14H16N6O. The van der Waals surface area contributed by atoms with Crippen LogP contribution in [0.5, 0.6) is 0 Å². The third-order valence-corrected chi connectivity index (χ3v) is 4.51. The first-order chi connectivity index (χ1) is 10.2. The minimum absolute atomic E-state index is 0.0111. The van der Waals surface area contributed by atoms with Gasteiger partial charge >= 0.3 is 0 Å². The van der Waals surface area contributed by atoms with Crippen LogP contribution in [0, 0.1) is 5.92 Å². The molecule has 1 amide bonds. The molecule has 1 aliphatic carbocycles. The van der Waals surface area contributed by atoms with Gasteiger partial charge in [-0.3, -0.25) is 4.79 Å². The van der Waals surface area contributed by atoms with E-state index in [4.69, 9.17) is 5.73 Å². The second-order valence-corrected chi connectivity index (χ2v) is 5.70. The van der Waals surface area contributed by atoms with Gasteiger partial charge in [-0.2, -0.15) is 0 Å². The van der Waals surface area contributed by atoms with Crippen molar-refractivity contribution >= 4 is 22.5 Å². The number of fused-ring (bicyclic) bond motifs is 3. The van der Waals surface area contributed by atoms with Crippen LogP contribution in [0.1, 0.15) is 37.3 Å². The summed E-state index contributed by atoms with van der Waals surface area (Å²) < 4.78 is 1.73.